The van der Waals surface area contributed by atoms with Crippen molar-refractivity contribution in [1.29, 1.82) is 0 Å². The largest absolute Gasteiger partial charge is 0.310 e. The lowest BCUT2D eigenvalue weighted by Gasteiger charge is -2.48. The minimum absolute atomic E-state index is 0.338. The van der Waals surface area contributed by atoms with Gasteiger partial charge in [-0.3, -0.25) is 0 Å². The van der Waals surface area contributed by atoms with Crippen molar-refractivity contribution in [2.24, 2.45) is 17.3 Å². The van der Waals surface area contributed by atoms with Crippen LogP contribution in [0.2, 0.25) is 0 Å². The van der Waals surface area contributed by atoms with Crippen LogP contribution in [0.15, 0.2) is 30.3 Å². The Morgan fingerprint density at radius 2 is 1.74 bits per heavy atom. The third-order valence-electron chi connectivity index (χ3n) is 6.36. The van der Waals surface area contributed by atoms with E-state index in [4.69, 9.17) is 0 Å². The van der Waals surface area contributed by atoms with Crippen LogP contribution in [0.25, 0.3) is 0 Å². The van der Waals surface area contributed by atoms with Crippen molar-refractivity contribution >= 4 is 0 Å². The van der Waals surface area contributed by atoms with E-state index in [1.165, 1.54) is 24.8 Å². The summed E-state index contributed by atoms with van der Waals surface area (Å²) in [5.74, 6) is 1.83. The molecule has 1 nitrogen and oxygen atoms in total. The summed E-state index contributed by atoms with van der Waals surface area (Å²) in [5.41, 5.74) is 2.23. The van der Waals surface area contributed by atoms with E-state index < -0.39 is 0 Å². The normalized spacial score (nSPS) is 35.7. The first-order chi connectivity index (χ1) is 9.04. The highest BCUT2D eigenvalue weighted by Gasteiger charge is 2.59. The van der Waals surface area contributed by atoms with Gasteiger partial charge in [0.1, 0.15) is 0 Å². The summed E-state index contributed by atoms with van der Waals surface area (Å²) in [4.78, 5) is 0. The average Bonchev–Trinajstić information content (AvgIpc) is 2.95. The quantitative estimate of drug-likeness (QED) is 0.858. The fraction of sp³-hybridized carbons (Fsp3) is 0.667. The first-order valence-corrected chi connectivity index (χ1v) is 7.83. The van der Waals surface area contributed by atoms with Crippen LogP contribution in [-0.4, -0.2) is 12.1 Å². The van der Waals surface area contributed by atoms with Crippen LogP contribution in [0.3, 0.4) is 0 Å². The third-order valence-corrected chi connectivity index (χ3v) is 6.36. The number of benzene rings is 1. The Morgan fingerprint density at radius 1 is 1.05 bits per heavy atom. The molecule has 0 saturated heterocycles. The van der Waals surface area contributed by atoms with Gasteiger partial charge in [-0.25, -0.2) is 0 Å². The van der Waals surface area contributed by atoms with E-state index in [0.29, 0.717) is 11.0 Å². The van der Waals surface area contributed by atoms with Gasteiger partial charge in [0.15, 0.2) is 0 Å². The van der Waals surface area contributed by atoms with E-state index in [2.05, 4.69) is 56.4 Å². The van der Waals surface area contributed by atoms with E-state index in [0.717, 1.165) is 24.8 Å². The summed E-state index contributed by atoms with van der Waals surface area (Å²) in [6.07, 6.45) is 5.47. The van der Waals surface area contributed by atoms with Gasteiger partial charge in [0.05, 0.1) is 0 Å². The van der Waals surface area contributed by atoms with Crippen molar-refractivity contribution < 1.29 is 0 Å². The van der Waals surface area contributed by atoms with Gasteiger partial charge >= 0.3 is 0 Å². The summed E-state index contributed by atoms with van der Waals surface area (Å²) in [6, 6.07) is 10.8. The molecule has 0 unspecified atom stereocenters. The second kappa shape index (κ2) is 4.63. The molecule has 1 heteroatoms. The Morgan fingerprint density at radius 3 is 2.37 bits per heavy atom. The fourth-order valence-corrected chi connectivity index (χ4v) is 4.59. The maximum atomic E-state index is 3.93. The average molecular weight is 257 g/mol. The molecule has 19 heavy (non-hydrogen) atoms. The van der Waals surface area contributed by atoms with Gasteiger partial charge in [0.25, 0.3) is 0 Å². The lowest BCUT2D eigenvalue weighted by Crippen LogP contribution is -2.57. The van der Waals surface area contributed by atoms with E-state index in [-0.39, 0.29) is 0 Å². The first-order valence-electron chi connectivity index (χ1n) is 7.83. The Bertz CT molecular complexity index is 436. The molecule has 2 saturated carbocycles. The van der Waals surface area contributed by atoms with E-state index in [1.54, 1.807) is 0 Å². The number of nitrogens with one attached hydrogen (secondary N) is 1. The van der Waals surface area contributed by atoms with E-state index >= 15 is 0 Å². The van der Waals surface area contributed by atoms with Crippen molar-refractivity contribution in [3.63, 3.8) is 0 Å². The Kier molecular flexibility index (Phi) is 3.21. The van der Waals surface area contributed by atoms with Crippen molar-refractivity contribution in [3.05, 3.63) is 35.9 Å². The van der Waals surface area contributed by atoms with Crippen LogP contribution in [0.5, 0.6) is 0 Å². The smallest absolute Gasteiger partial charge is 0.0235 e. The standard InChI is InChI=1S/C18H27N/c1-17(2)15-9-10-16(13-15)18(17,3)19-12-11-14-7-5-4-6-8-14/h4-8,15-16,19H,9-13H2,1-3H3/t15-,16-,18-/m0/s1. The van der Waals surface area contributed by atoms with Crippen LogP contribution in [0.1, 0.15) is 45.6 Å². The minimum atomic E-state index is 0.338. The molecule has 3 atom stereocenters. The Balaban J connectivity index is 1.63. The van der Waals surface area contributed by atoms with E-state index in [9.17, 15) is 0 Å². The zero-order valence-electron chi connectivity index (χ0n) is 12.6. The van der Waals surface area contributed by atoms with Gasteiger partial charge in [-0.1, -0.05) is 44.2 Å². The topological polar surface area (TPSA) is 12.0 Å². The van der Waals surface area contributed by atoms with Gasteiger partial charge in [-0.05, 0) is 62.0 Å². The number of fused-ring (bicyclic) bond motifs is 2. The predicted octanol–water partition coefficient (Wildman–Crippen LogP) is 4.03. The second-order valence-electron chi connectivity index (χ2n) is 7.29. The lowest BCUT2D eigenvalue weighted by molar-refractivity contribution is 0.0666. The molecule has 1 N–H and O–H groups in total. The van der Waals surface area contributed by atoms with Gasteiger partial charge in [0.2, 0.25) is 0 Å². The molecule has 2 fully saturated rings. The summed E-state index contributed by atoms with van der Waals surface area (Å²) in [7, 11) is 0. The number of hydrogen-bond donors (Lipinski definition) is 1. The Labute approximate surface area is 117 Å². The molecule has 0 aromatic heterocycles. The van der Waals surface area contributed by atoms with Crippen molar-refractivity contribution in [1.82, 2.24) is 5.32 Å². The van der Waals surface area contributed by atoms with Crippen LogP contribution in [-0.2, 0) is 6.42 Å². The summed E-state index contributed by atoms with van der Waals surface area (Å²) >= 11 is 0. The highest BCUT2D eigenvalue weighted by molar-refractivity contribution is 5.17. The maximum Gasteiger partial charge on any atom is 0.0235 e. The number of hydrogen-bond acceptors (Lipinski definition) is 1. The number of rotatable bonds is 4. The minimum Gasteiger partial charge on any atom is -0.310 e. The monoisotopic (exact) mass is 257 g/mol. The predicted molar refractivity (Wildman–Crippen MR) is 81.2 cm³/mol. The van der Waals surface area contributed by atoms with Crippen LogP contribution in [0.4, 0.5) is 0 Å². The molecule has 0 radical (unpaired) electrons. The second-order valence-corrected chi connectivity index (χ2v) is 7.29. The SMILES string of the molecule is CC1(C)[C@H]2CC[C@@H](C2)[C@]1(C)NCCc1ccccc1. The first kappa shape index (κ1) is 13.2. The molecule has 2 bridgehead atoms. The fourth-order valence-electron chi connectivity index (χ4n) is 4.59. The van der Waals surface area contributed by atoms with Gasteiger partial charge in [-0.15, -0.1) is 0 Å². The summed E-state index contributed by atoms with van der Waals surface area (Å²) < 4.78 is 0. The summed E-state index contributed by atoms with van der Waals surface area (Å²) in [5, 5.41) is 3.93. The van der Waals surface area contributed by atoms with Gasteiger partial charge in [0, 0.05) is 5.54 Å². The molecule has 0 amide bonds. The molecule has 2 aliphatic rings. The lowest BCUT2D eigenvalue weighted by atomic mass is 9.64. The molecule has 1 aromatic carbocycles. The molecular formula is C18H27N. The zero-order chi connectivity index (χ0) is 13.5. The van der Waals surface area contributed by atoms with Crippen molar-refractivity contribution in [2.45, 2.75) is 52.0 Å². The highest BCUT2D eigenvalue weighted by Crippen LogP contribution is 2.61. The molecule has 104 valence electrons. The molecule has 2 aliphatic carbocycles. The van der Waals surface area contributed by atoms with Crippen molar-refractivity contribution in [3.8, 4) is 0 Å². The van der Waals surface area contributed by atoms with Crippen LogP contribution in [0, 0.1) is 17.3 Å². The van der Waals surface area contributed by atoms with Gasteiger partial charge < -0.3 is 5.32 Å². The van der Waals surface area contributed by atoms with E-state index in [1.807, 2.05) is 0 Å². The zero-order valence-corrected chi connectivity index (χ0v) is 12.6. The maximum absolute atomic E-state index is 3.93. The molecule has 0 spiro atoms. The van der Waals surface area contributed by atoms with Crippen molar-refractivity contribution in [2.75, 3.05) is 6.54 Å². The van der Waals surface area contributed by atoms with Crippen LogP contribution >= 0.6 is 0 Å². The molecule has 1 aromatic rings. The Hall–Kier alpha value is -0.820. The molecule has 0 heterocycles. The summed E-state index contributed by atoms with van der Waals surface area (Å²) in [6.45, 7) is 8.54. The highest BCUT2D eigenvalue weighted by atomic mass is 15.0. The van der Waals surface area contributed by atoms with Crippen LogP contribution < -0.4 is 5.32 Å². The third kappa shape index (κ3) is 2.03. The molecule has 3 rings (SSSR count). The molecule has 0 aliphatic heterocycles. The van der Waals surface area contributed by atoms with Gasteiger partial charge in [-0.2, -0.15) is 0 Å². The molecular weight excluding hydrogens is 230 g/mol.